The quantitative estimate of drug-likeness (QED) is 0.397. The molecule has 3 unspecified atom stereocenters. The summed E-state index contributed by atoms with van der Waals surface area (Å²) in [5, 5.41) is 1.80. The first-order valence-corrected chi connectivity index (χ1v) is 14.7. The summed E-state index contributed by atoms with van der Waals surface area (Å²) >= 11 is -0.750. The van der Waals surface area contributed by atoms with Crippen LogP contribution >= 0.6 is 7.92 Å². The zero-order valence-corrected chi connectivity index (χ0v) is 18.7. The minimum atomic E-state index is -0.750. The van der Waals surface area contributed by atoms with Crippen LogP contribution in [-0.2, 0) is 22.9 Å². The number of halogens is 2. The van der Waals surface area contributed by atoms with Crippen LogP contribution in [0.15, 0.2) is 53.4 Å². The van der Waals surface area contributed by atoms with Crippen LogP contribution in [0.25, 0.3) is 6.08 Å². The molecule has 1 fully saturated rings. The van der Waals surface area contributed by atoms with Crippen molar-refractivity contribution in [3.05, 3.63) is 64.5 Å². The van der Waals surface area contributed by atoms with Crippen LogP contribution in [0, 0.1) is 5.92 Å². The Morgan fingerprint density at radius 3 is 2.67 bits per heavy atom. The first kappa shape index (κ1) is 19.9. The van der Waals surface area contributed by atoms with Gasteiger partial charge in [0.25, 0.3) is 0 Å². The Morgan fingerprint density at radius 2 is 1.88 bits per heavy atom. The van der Waals surface area contributed by atoms with Gasteiger partial charge < -0.3 is 9.41 Å². The van der Waals surface area contributed by atoms with Crippen LogP contribution in [0.3, 0.4) is 0 Å². The molecule has 0 bridgehead atoms. The van der Waals surface area contributed by atoms with Crippen molar-refractivity contribution in [2.75, 3.05) is 13.3 Å². The average Bonchev–Trinajstić information content (AvgIpc) is 3.10. The van der Waals surface area contributed by atoms with Gasteiger partial charge in [-0.15, -0.1) is 0 Å². The van der Waals surface area contributed by atoms with Gasteiger partial charge in [0.15, 0.2) is 0 Å². The van der Waals surface area contributed by atoms with Crippen molar-refractivity contribution in [1.82, 2.24) is 0 Å². The van der Waals surface area contributed by atoms with E-state index in [9.17, 15) is 0 Å². The van der Waals surface area contributed by atoms with E-state index >= 15 is 0 Å². The summed E-state index contributed by atoms with van der Waals surface area (Å²) in [5.74, 6) is 0.899. The standard InChI is InChI=1S/C11H12P.C9H11.2FH.Hf/c1-12(2)11-7-9-5-3-4-6-10(9)8-11;1-2-5-9-7-3-6-8(9)4-1;;;/h3-8H,1-2H3;1-2,4,6,9H,3,5,7H2;2*1H;/q;;;;+2/p-2. The molecule has 0 spiro atoms. The molecule has 3 atom stereocenters. The summed E-state index contributed by atoms with van der Waals surface area (Å²) in [4.78, 5) is 0. The van der Waals surface area contributed by atoms with Gasteiger partial charge in [-0.25, -0.2) is 0 Å². The number of hydrogen-bond donors (Lipinski definition) is 0. The molecule has 126 valence electrons. The minimum Gasteiger partial charge on any atom is -1.00 e. The maximum atomic E-state index is 2.54. The second kappa shape index (κ2) is 8.32. The fourth-order valence-electron chi connectivity index (χ4n) is 4.16. The van der Waals surface area contributed by atoms with Crippen molar-refractivity contribution in [2.45, 2.75) is 26.6 Å². The molecule has 0 nitrogen and oxygen atoms in total. The van der Waals surface area contributed by atoms with E-state index in [0.29, 0.717) is 0 Å². The van der Waals surface area contributed by atoms with Gasteiger partial charge >= 0.3 is 147 Å². The molecule has 0 heterocycles. The van der Waals surface area contributed by atoms with Crippen molar-refractivity contribution in [1.29, 1.82) is 0 Å². The molecule has 1 aromatic rings. The molecule has 4 heteroatoms. The van der Waals surface area contributed by atoms with Gasteiger partial charge in [0.05, 0.1) is 0 Å². The van der Waals surface area contributed by atoms with Crippen LogP contribution in [0.5, 0.6) is 0 Å². The number of hydrogen-bond acceptors (Lipinski definition) is 0. The third-order valence-electron chi connectivity index (χ3n) is 5.31. The number of fused-ring (bicyclic) bond motifs is 2. The van der Waals surface area contributed by atoms with Crippen LogP contribution in [0.2, 0.25) is 3.67 Å². The molecule has 0 radical (unpaired) electrons. The molecule has 0 aromatic heterocycles. The summed E-state index contributed by atoms with van der Waals surface area (Å²) in [5.41, 5.74) is 5.04. The van der Waals surface area contributed by atoms with E-state index in [0.717, 1.165) is 13.3 Å². The van der Waals surface area contributed by atoms with E-state index < -0.39 is 22.9 Å². The van der Waals surface area contributed by atoms with Crippen LogP contribution in [0.1, 0.15) is 34.1 Å². The fourth-order valence-corrected chi connectivity index (χ4v) is 15.6. The second-order valence-corrected chi connectivity index (χ2v) is 14.9. The Bertz CT molecular complexity index is 678. The zero-order valence-electron chi connectivity index (χ0n) is 14.2. The number of rotatable bonds is 3. The predicted molar refractivity (Wildman–Crippen MR) is 94.2 cm³/mol. The van der Waals surface area contributed by atoms with Crippen LogP contribution in [-0.4, -0.2) is 13.3 Å². The Kier molecular flexibility index (Phi) is 6.91. The van der Waals surface area contributed by atoms with E-state index in [1.165, 1.54) is 24.8 Å². The Labute approximate surface area is 156 Å². The van der Waals surface area contributed by atoms with Gasteiger partial charge in [0.2, 0.25) is 0 Å². The Morgan fingerprint density at radius 1 is 1.08 bits per heavy atom. The van der Waals surface area contributed by atoms with Crippen molar-refractivity contribution >= 4 is 14.0 Å². The van der Waals surface area contributed by atoms with E-state index in [1.54, 1.807) is 10.9 Å². The molecule has 0 N–H and O–H groups in total. The molecule has 1 aromatic carbocycles. The molecule has 24 heavy (non-hydrogen) atoms. The number of allylic oxidation sites excluding steroid dienone is 5. The Hall–Kier alpha value is -0.400. The molecular formula is C20H23F2HfP. The van der Waals surface area contributed by atoms with Gasteiger partial charge in [-0.1, -0.05) is 0 Å². The maximum absolute atomic E-state index is 2.54. The normalized spacial score (nSPS) is 26.5. The van der Waals surface area contributed by atoms with Crippen molar-refractivity contribution in [2.24, 2.45) is 5.92 Å². The minimum absolute atomic E-state index is 0. The van der Waals surface area contributed by atoms with Gasteiger partial charge in [0.1, 0.15) is 0 Å². The topological polar surface area (TPSA) is 0 Å². The van der Waals surface area contributed by atoms with Crippen molar-refractivity contribution in [3.8, 4) is 0 Å². The fraction of sp³-hybridized carbons (Fsp3) is 0.400. The third-order valence-corrected chi connectivity index (χ3v) is 14.7. The zero-order chi connectivity index (χ0) is 15.1. The monoisotopic (exact) mass is 512 g/mol. The maximum Gasteiger partial charge on any atom is -1.00 e. The molecule has 3 aliphatic carbocycles. The van der Waals surface area contributed by atoms with Gasteiger partial charge in [-0.2, -0.15) is 0 Å². The predicted octanol–water partition coefficient (Wildman–Crippen LogP) is -0.001000. The van der Waals surface area contributed by atoms with Gasteiger partial charge in [-0.05, 0) is 0 Å². The summed E-state index contributed by atoms with van der Waals surface area (Å²) in [6.45, 7) is 4.90. The molecule has 0 saturated heterocycles. The molecule has 0 amide bonds. The van der Waals surface area contributed by atoms with Crippen molar-refractivity contribution < 1.29 is 32.3 Å². The van der Waals surface area contributed by atoms with E-state index in [-0.39, 0.29) is 17.3 Å². The first-order valence-electron chi connectivity index (χ1n) is 8.34. The Balaban J connectivity index is 0.00000104. The smallest absolute Gasteiger partial charge is 1.00 e. The molecule has 4 rings (SSSR count). The summed E-state index contributed by atoms with van der Waals surface area (Å²) in [7, 11) is 0.0496. The summed E-state index contributed by atoms with van der Waals surface area (Å²) in [6.07, 6.45) is 14.0. The average molecular weight is 511 g/mol. The third kappa shape index (κ3) is 3.58. The van der Waals surface area contributed by atoms with E-state index in [1.807, 2.05) is 5.57 Å². The van der Waals surface area contributed by atoms with Gasteiger partial charge in [-0.3, -0.25) is 0 Å². The summed E-state index contributed by atoms with van der Waals surface area (Å²) < 4.78 is 1.87. The summed E-state index contributed by atoms with van der Waals surface area (Å²) in [6, 6.07) is 9.20. The van der Waals surface area contributed by atoms with Crippen molar-refractivity contribution in [3.63, 3.8) is 0 Å². The largest absolute Gasteiger partial charge is 1.00 e. The SMILES string of the molecule is CP(C)C1=Cc2ccccc2[CH]1[Hf+2][CH]1CCC2CC=CC=C21.[F-].[F-]. The van der Waals surface area contributed by atoms with E-state index in [4.69, 9.17) is 0 Å². The molecular weight excluding hydrogens is 488 g/mol. The molecule has 1 saturated carbocycles. The number of benzene rings is 1. The van der Waals surface area contributed by atoms with Crippen LogP contribution in [0.4, 0.5) is 0 Å². The van der Waals surface area contributed by atoms with Crippen LogP contribution < -0.4 is 9.41 Å². The van der Waals surface area contributed by atoms with Gasteiger partial charge in [0, 0.05) is 0 Å². The van der Waals surface area contributed by atoms with E-state index in [2.05, 4.69) is 61.9 Å². The molecule has 0 aliphatic heterocycles. The first-order chi connectivity index (χ1) is 10.7. The molecule has 3 aliphatic rings. The second-order valence-electron chi connectivity index (χ2n) is 6.85.